The molecule has 0 aliphatic rings. The SMILES string of the molecule is c1ccc(-c2ccc(-c3ccccc3-c3ccccc3N(c3ccc4oc5ccccc5c4c3)c3cccc4ccccc34)c(-c3ccccc3)c2)cc1. The summed E-state index contributed by atoms with van der Waals surface area (Å²) in [5.41, 5.74) is 14.5. The van der Waals surface area contributed by atoms with E-state index in [1.54, 1.807) is 0 Å². The van der Waals surface area contributed by atoms with Gasteiger partial charge in [-0.15, -0.1) is 0 Å². The van der Waals surface area contributed by atoms with Gasteiger partial charge >= 0.3 is 0 Å². The van der Waals surface area contributed by atoms with Crippen LogP contribution >= 0.6 is 0 Å². The van der Waals surface area contributed by atoms with Crippen LogP contribution in [0.5, 0.6) is 0 Å². The van der Waals surface area contributed by atoms with Gasteiger partial charge in [0.2, 0.25) is 0 Å². The maximum Gasteiger partial charge on any atom is 0.135 e. The Balaban J connectivity index is 1.21. The molecule has 0 bridgehead atoms. The Morgan fingerprint density at radius 1 is 0.296 bits per heavy atom. The fourth-order valence-corrected chi connectivity index (χ4v) is 7.96. The van der Waals surface area contributed by atoms with E-state index in [0.717, 1.165) is 50.1 Å². The summed E-state index contributed by atoms with van der Waals surface area (Å²) in [7, 11) is 0. The van der Waals surface area contributed by atoms with Crippen molar-refractivity contribution in [3.63, 3.8) is 0 Å². The summed E-state index contributed by atoms with van der Waals surface area (Å²) < 4.78 is 6.29. The maximum atomic E-state index is 6.29. The summed E-state index contributed by atoms with van der Waals surface area (Å²) in [5.74, 6) is 0. The van der Waals surface area contributed by atoms with Crippen LogP contribution in [0, 0.1) is 0 Å². The second-order valence-corrected chi connectivity index (χ2v) is 13.7. The monoisotopic (exact) mass is 689 g/mol. The number of hydrogen-bond donors (Lipinski definition) is 0. The fourth-order valence-electron chi connectivity index (χ4n) is 7.96. The van der Waals surface area contributed by atoms with E-state index in [1.165, 1.54) is 44.2 Å². The van der Waals surface area contributed by atoms with Gasteiger partial charge in [0.25, 0.3) is 0 Å². The van der Waals surface area contributed by atoms with Crippen molar-refractivity contribution < 1.29 is 4.42 Å². The topological polar surface area (TPSA) is 16.4 Å². The standard InChI is InChI=1S/C52H35NO/c1-3-16-36(17-4-1)39-30-32-44(47(34-39)38-18-5-2-6-19-38)42-23-9-10-24-43(42)45-25-11-13-27-50(45)53(49-28-15-21-37-20-7-8-22-41(37)49)40-31-33-52-48(35-40)46-26-12-14-29-51(46)54-52/h1-35H. The second-order valence-electron chi connectivity index (χ2n) is 13.7. The molecule has 2 heteroatoms. The molecular weight excluding hydrogens is 655 g/mol. The number of fused-ring (bicyclic) bond motifs is 4. The minimum absolute atomic E-state index is 0.879. The zero-order chi connectivity index (χ0) is 35.8. The summed E-state index contributed by atoms with van der Waals surface area (Å²) in [4.78, 5) is 2.42. The highest BCUT2D eigenvalue weighted by molar-refractivity contribution is 6.08. The second kappa shape index (κ2) is 13.4. The van der Waals surface area contributed by atoms with Gasteiger partial charge in [0.1, 0.15) is 11.2 Å². The molecule has 0 saturated carbocycles. The molecule has 0 aliphatic carbocycles. The fraction of sp³-hybridized carbons (Fsp3) is 0. The maximum absolute atomic E-state index is 6.29. The van der Waals surface area contributed by atoms with Gasteiger partial charge in [0, 0.05) is 27.4 Å². The third-order valence-corrected chi connectivity index (χ3v) is 10.5. The summed E-state index contributed by atoms with van der Waals surface area (Å²) in [6, 6.07) is 76.0. The van der Waals surface area contributed by atoms with Crippen LogP contribution < -0.4 is 4.90 Å². The van der Waals surface area contributed by atoms with Crippen LogP contribution in [0.15, 0.2) is 217 Å². The molecule has 0 spiro atoms. The summed E-state index contributed by atoms with van der Waals surface area (Å²) in [6.07, 6.45) is 0. The number of furan rings is 1. The normalized spacial score (nSPS) is 11.3. The van der Waals surface area contributed by atoms with Gasteiger partial charge < -0.3 is 9.32 Å². The summed E-state index contributed by atoms with van der Waals surface area (Å²) in [6.45, 7) is 0. The van der Waals surface area contributed by atoms with Crippen molar-refractivity contribution in [1.29, 1.82) is 0 Å². The molecule has 254 valence electrons. The molecule has 1 heterocycles. The molecule has 0 fully saturated rings. The number of nitrogens with zero attached hydrogens (tertiary/aromatic N) is 1. The molecule has 0 radical (unpaired) electrons. The van der Waals surface area contributed by atoms with Crippen molar-refractivity contribution in [1.82, 2.24) is 0 Å². The minimum Gasteiger partial charge on any atom is -0.456 e. The quantitative estimate of drug-likeness (QED) is 0.166. The molecule has 0 N–H and O–H groups in total. The van der Waals surface area contributed by atoms with E-state index in [4.69, 9.17) is 4.42 Å². The molecule has 1 aromatic heterocycles. The van der Waals surface area contributed by atoms with E-state index < -0.39 is 0 Å². The largest absolute Gasteiger partial charge is 0.456 e. The molecule has 10 aromatic rings. The lowest BCUT2D eigenvalue weighted by atomic mass is 9.87. The number of hydrogen-bond acceptors (Lipinski definition) is 2. The van der Waals surface area contributed by atoms with Crippen LogP contribution in [0.25, 0.3) is 77.2 Å². The summed E-state index contributed by atoms with van der Waals surface area (Å²) >= 11 is 0. The molecule has 0 saturated heterocycles. The van der Waals surface area contributed by atoms with Gasteiger partial charge in [-0.05, 0) is 86.8 Å². The van der Waals surface area contributed by atoms with Crippen molar-refractivity contribution in [3.05, 3.63) is 212 Å². The lowest BCUT2D eigenvalue weighted by Crippen LogP contribution is -2.12. The first-order valence-electron chi connectivity index (χ1n) is 18.4. The molecule has 0 amide bonds. The molecular formula is C52H35NO. The van der Waals surface area contributed by atoms with Gasteiger partial charge in [-0.2, -0.15) is 0 Å². The van der Waals surface area contributed by atoms with Crippen LogP contribution in [0.4, 0.5) is 17.1 Å². The van der Waals surface area contributed by atoms with E-state index >= 15 is 0 Å². The van der Waals surface area contributed by atoms with Crippen LogP contribution in [-0.2, 0) is 0 Å². The van der Waals surface area contributed by atoms with E-state index in [2.05, 4.69) is 205 Å². The number of benzene rings is 9. The van der Waals surface area contributed by atoms with Crippen LogP contribution in [0.1, 0.15) is 0 Å². The lowest BCUT2D eigenvalue weighted by molar-refractivity contribution is 0.669. The van der Waals surface area contributed by atoms with Crippen LogP contribution in [0.2, 0.25) is 0 Å². The number of rotatable bonds is 7. The molecule has 54 heavy (non-hydrogen) atoms. The lowest BCUT2D eigenvalue weighted by Gasteiger charge is -2.29. The van der Waals surface area contributed by atoms with Crippen LogP contribution in [0.3, 0.4) is 0 Å². The first kappa shape index (κ1) is 31.6. The highest BCUT2D eigenvalue weighted by Gasteiger charge is 2.22. The van der Waals surface area contributed by atoms with Crippen molar-refractivity contribution in [3.8, 4) is 44.5 Å². The average molecular weight is 690 g/mol. The number of para-hydroxylation sites is 2. The molecule has 10 rings (SSSR count). The third-order valence-electron chi connectivity index (χ3n) is 10.5. The van der Waals surface area contributed by atoms with Gasteiger partial charge in [-0.1, -0.05) is 170 Å². The predicted molar refractivity (Wildman–Crippen MR) is 228 cm³/mol. The van der Waals surface area contributed by atoms with Crippen molar-refractivity contribution in [2.75, 3.05) is 4.90 Å². The van der Waals surface area contributed by atoms with Gasteiger partial charge in [0.15, 0.2) is 0 Å². The predicted octanol–water partition coefficient (Wildman–Crippen LogP) is 14.9. The average Bonchev–Trinajstić information content (AvgIpc) is 3.63. The Labute approximate surface area is 314 Å². The van der Waals surface area contributed by atoms with E-state index in [0.29, 0.717) is 0 Å². The highest BCUT2D eigenvalue weighted by atomic mass is 16.3. The van der Waals surface area contributed by atoms with Crippen molar-refractivity contribution in [2.45, 2.75) is 0 Å². The van der Waals surface area contributed by atoms with E-state index in [9.17, 15) is 0 Å². The molecule has 0 unspecified atom stereocenters. The molecule has 9 aromatic carbocycles. The Bertz CT molecular complexity index is 2940. The van der Waals surface area contributed by atoms with Crippen molar-refractivity contribution >= 4 is 49.8 Å². The van der Waals surface area contributed by atoms with Gasteiger partial charge in [-0.25, -0.2) is 0 Å². The number of anilines is 3. The highest BCUT2D eigenvalue weighted by Crippen LogP contribution is 2.47. The zero-order valence-corrected chi connectivity index (χ0v) is 29.6. The van der Waals surface area contributed by atoms with Gasteiger partial charge in [-0.3, -0.25) is 0 Å². The third kappa shape index (κ3) is 5.53. The molecule has 0 atom stereocenters. The Morgan fingerprint density at radius 2 is 0.870 bits per heavy atom. The Kier molecular flexibility index (Phi) is 7.85. The molecule has 0 aliphatic heterocycles. The van der Waals surface area contributed by atoms with Crippen LogP contribution in [-0.4, -0.2) is 0 Å². The first-order chi connectivity index (χ1) is 26.8. The first-order valence-corrected chi connectivity index (χ1v) is 18.4. The van der Waals surface area contributed by atoms with E-state index in [1.807, 2.05) is 12.1 Å². The van der Waals surface area contributed by atoms with Crippen molar-refractivity contribution in [2.24, 2.45) is 0 Å². The zero-order valence-electron chi connectivity index (χ0n) is 29.6. The Hall–Kier alpha value is -7.16. The molecule has 2 nitrogen and oxygen atoms in total. The summed E-state index contributed by atoms with van der Waals surface area (Å²) in [5, 5.41) is 4.58. The Morgan fingerprint density at radius 3 is 1.69 bits per heavy atom. The van der Waals surface area contributed by atoms with E-state index in [-0.39, 0.29) is 0 Å². The minimum atomic E-state index is 0.879. The smallest absolute Gasteiger partial charge is 0.135 e. The van der Waals surface area contributed by atoms with Gasteiger partial charge in [0.05, 0.1) is 11.4 Å².